The molecule has 2 heterocycles. The van der Waals surface area contributed by atoms with Crippen LogP contribution < -0.4 is 4.74 Å². The highest BCUT2D eigenvalue weighted by atomic mass is 19.1. The number of esters is 1. The first-order chi connectivity index (χ1) is 11.1. The lowest BCUT2D eigenvalue weighted by atomic mass is 10.0. The number of rotatable bonds is 6. The van der Waals surface area contributed by atoms with Gasteiger partial charge in [-0.25, -0.2) is 4.39 Å². The Balaban J connectivity index is 1.54. The van der Waals surface area contributed by atoms with Crippen molar-refractivity contribution in [2.24, 2.45) is 5.92 Å². The van der Waals surface area contributed by atoms with E-state index in [9.17, 15) is 9.18 Å². The number of epoxide rings is 1. The van der Waals surface area contributed by atoms with Crippen molar-refractivity contribution in [1.82, 2.24) is 0 Å². The Labute approximate surface area is 133 Å². The number of hydrogen-bond donors (Lipinski definition) is 0. The Kier molecular flexibility index (Phi) is 3.54. The molecule has 1 saturated heterocycles. The molecule has 0 aromatic heterocycles. The van der Waals surface area contributed by atoms with Crippen LogP contribution in [0.25, 0.3) is 0 Å². The zero-order valence-corrected chi connectivity index (χ0v) is 13.1. The van der Waals surface area contributed by atoms with Crippen molar-refractivity contribution < 1.29 is 28.1 Å². The Hall–Kier alpha value is -1.66. The molecular weight excluding hydrogens is 303 g/mol. The number of carbonyl (C=O) groups excluding carboxylic acids is 1. The van der Waals surface area contributed by atoms with Gasteiger partial charge < -0.3 is 18.9 Å². The van der Waals surface area contributed by atoms with E-state index >= 15 is 0 Å². The molecule has 1 saturated carbocycles. The highest BCUT2D eigenvalue weighted by Gasteiger charge is 2.64. The summed E-state index contributed by atoms with van der Waals surface area (Å²) in [7, 11) is 0. The SMILES string of the molecule is CCOC(=O)C1C2Oc3c(C(C)OCC4CO4)cc(F)cc3C21. The summed E-state index contributed by atoms with van der Waals surface area (Å²) in [5.41, 5.74) is 1.44. The molecule has 5 atom stereocenters. The van der Waals surface area contributed by atoms with Gasteiger partial charge in [0, 0.05) is 17.0 Å². The highest BCUT2D eigenvalue weighted by Crippen LogP contribution is 2.60. The molecule has 1 aromatic carbocycles. The minimum Gasteiger partial charge on any atom is -0.488 e. The summed E-state index contributed by atoms with van der Waals surface area (Å²) < 4.78 is 35.8. The lowest BCUT2D eigenvalue weighted by molar-refractivity contribution is -0.145. The third kappa shape index (κ3) is 2.60. The van der Waals surface area contributed by atoms with Gasteiger partial charge in [0.1, 0.15) is 29.7 Å². The van der Waals surface area contributed by atoms with Crippen molar-refractivity contribution in [1.29, 1.82) is 0 Å². The van der Waals surface area contributed by atoms with E-state index in [1.54, 1.807) is 6.92 Å². The second-order valence-corrected chi connectivity index (χ2v) is 6.23. The largest absolute Gasteiger partial charge is 0.488 e. The summed E-state index contributed by atoms with van der Waals surface area (Å²) in [5, 5.41) is 0. The number of hydrogen-bond acceptors (Lipinski definition) is 5. The van der Waals surface area contributed by atoms with Crippen LogP contribution in [-0.4, -0.2) is 38.0 Å². The van der Waals surface area contributed by atoms with Gasteiger partial charge in [0.2, 0.25) is 0 Å². The fraction of sp³-hybridized carbons (Fsp3) is 0.588. The van der Waals surface area contributed by atoms with Crippen molar-refractivity contribution >= 4 is 5.97 Å². The summed E-state index contributed by atoms with van der Waals surface area (Å²) in [5.74, 6) is -0.360. The lowest BCUT2D eigenvalue weighted by Gasteiger charge is -2.18. The van der Waals surface area contributed by atoms with Gasteiger partial charge in [-0.15, -0.1) is 0 Å². The molecule has 6 heteroatoms. The van der Waals surface area contributed by atoms with E-state index in [-0.39, 0.29) is 41.9 Å². The topological polar surface area (TPSA) is 57.3 Å². The maximum absolute atomic E-state index is 14.0. The van der Waals surface area contributed by atoms with Gasteiger partial charge in [-0.2, -0.15) is 0 Å². The predicted molar refractivity (Wildman–Crippen MR) is 77.8 cm³/mol. The van der Waals surface area contributed by atoms with Crippen molar-refractivity contribution in [3.8, 4) is 5.75 Å². The molecule has 0 radical (unpaired) electrons. The van der Waals surface area contributed by atoms with E-state index in [1.807, 2.05) is 6.92 Å². The molecule has 2 fully saturated rings. The normalized spacial score (nSPS) is 30.9. The average Bonchev–Trinajstić information content (AvgIpc) is 3.42. The van der Waals surface area contributed by atoms with E-state index in [2.05, 4.69) is 0 Å². The van der Waals surface area contributed by atoms with Crippen molar-refractivity contribution in [2.75, 3.05) is 19.8 Å². The van der Waals surface area contributed by atoms with Crippen LogP contribution in [0.15, 0.2) is 12.1 Å². The molecule has 0 spiro atoms. The van der Waals surface area contributed by atoms with Crippen LogP contribution in [0.2, 0.25) is 0 Å². The maximum Gasteiger partial charge on any atom is 0.313 e. The van der Waals surface area contributed by atoms with Crippen LogP contribution in [0.5, 0.6) is 5.75 Å². The van der Waals surface area contributed by atoms with E-state index in [0.29, 0.717) is 24.5 Å². The van der Waals surface area contributed by atoms with Gasteiger partial charge in [-0.3, -0.25) is 4.79 Å². The summed E-state index contributed by atoms with van der Waals surface area (Å²) in [6.45, 7) is 5.18. The molecule has 0 amide bonds. The highest BCUT2D eigenvalue weighted by molar-refractivity contribution is 5.81. The second kappa shape index (κ2) is 5.46. The molecule has 4 rings (SSSR count). The Morgan fingerprint density at radius 1 is 1.48 bits per heavy atom. The summed E-state index contributed by atoms with van der Waals surface area (Å²) in [6.07, 6.45) is -0.368. The van der Waals surface area contributed by atoms with Crippen LogP contribution in [0.4, 0.5) is 4.39 Å². The number of fused-ring (bicyclic) bond motifs is 3. The summed E-state index contributed by atoms with van der Waals surface area (Å²) in [6, 6.07) is 2.90. The van der Waals surface area contributed by atoms with Crippen LogP contribution in [-0.2, 0) is 19.0 Å². The van der Waals surface area contributed by atoms with Crippen molar-refractivity contribution in [3.05, 3.63) is 29.1 Å². The lowest BCUT2D eigenvalue weighted by Crippen LogP contribution is -2.15. The fourth-order valence-corrected chi connectivity index (χ4v) is 3.28. The molecule has 1 aromatic rings. The van der Waals surface area contributed by atoms with Gasteiger partial charge in [0.15, 0.2) is 0 Å². The fourth-order valence-electron chi connectivity index (χ4n) is 3.28. The summed E-state index contributed by atoms with van der Waals surface area (Å²) >= 11 is 0. The Bertz CT molecular complexity index is 642. The Morgan fingerprint density at radius 2 is 2.26 bits per heavy atom. The van der Waals surface area contributed by atoms with Gasteiger partial charge in [0.05, 0.1) is 25.9 Å². The quantitative estimate of drug-likeness (QED) is 0.594. The van der Waals surface area contributed by atoms with Gasteiger partial charge >= 0.3 is 5.97 Å². The minimum absolute atomic E-state index is 0.0996. The van der Waals surface area contributed by atoms with Crippen LogP contribution in [0.3, 0.4) is 0 Å². The van der Waals surface area contributed by atoms with E-state index < -0.39 is 0 Å². The molecule has 124 valence electrons. The molecule has 3 aliphatic rings. The predicted octanol–water partition coefficient (Wildman–Crippen LogP) is 2.34. The summed E-state index contributed by atoms with van der Waals surface area (Å²) in [4.78, 5) is 11.9. The van der Waals surface area contributed by atoms with Crippen LogP contribution >= 0.6 is 0 Å². The first kappa shape index (κ1) is 14.9. The first-order valence-corrected chi connectivity index (χ1v) is 8.00. The monoisotopic (exact) mass is 322 g/mol. The Morgan fingerprint density at radius 3 is 2.96 bits per heavy atom. The molecule has 0 bridgehead atoms. The van der Waals surface area contributed by atoms with Gasteiger partial charge in [-0.05, 0) is 26.0 Å². The standard InChI is InChI=1S/C17H19FO5/c1-3-20-17(19)14-13-12-5-9(18)4-11(15(12)23-16(13)14)8(2)21-6-10-7-22-10/h4-5,8,10,13-14,16H,3,6-7H2,1-2H3. The average molecular weight is 322 g/mol. The minimum atomic E-state index is -0.337. The number of benzene rings is 1. The molecule has 2 aliphatic heterocycles. The number of carbonyl (C=O) groups is 1. The van der Waals surface area contributed by atoms with Crippen LogP contribution in [0, 0.1) is 11.7 Å². The van der Waals surface area contributed by atoms with E-state index in [1.165, 1.54) is 12.1 Å². The van der Waals surface area contributed by atoms with Crippen molar-refractivity contribution in [3.63, 3.8) is 0 Å². The van der Waals surface area contributed by atoms with E-state index in [4.69, 9.17) is 18.9 Å². The maximum atomic E-state index is 14.0. The first-order valence-electron chi connectivity index (χ1n) is 8.00. The molecule has 5 unspecified atom stereocenters. The van der Waals surface area contributed by atoms with E-state index in [0.717, 1.165) is 12.2 Å². The third-order valence-corrected chi connectivity index (χ3v) is 4.61. The molecular formula is C17H19FO5. The molecule has 5 nitrogen and oxygen atoms in total. The zero-order chi connectivity index (χ0) is 16.1. The molecule has 0 N–H and O–H groups in total. The molecule has 23 heavy (non-hydrogen) atoms. The smallest absolute Gasteiger partial charge is 0.313 e. The second-order valence-electron chi connectivity index (χ2n) is 6.23. The third-order valence-electron chi connectivity index (χ3n) is 4.61. The van der Waals surface area contributed by atoms with Crippen LogP contribution in [0.1, 0.15) is 37.0 Å². The van der Waals surface area contributed by atoms with Crippen molar-refractivity contribution in [2.45, 2.75) is 38.1 Å². The van der Waals surface area contributed by atoms with Gasteiger partial charge in [0.25, 0.3) is 0 Å². The number of ether oxygens (including phenoxy) is 4. The number of halogens is 1. The van der Waals surface area contributed by atoms with Gasteiger partial charge in [-0.1, -0.05) is 0 Å². The zero-order valence-electron chi connectivity index (χ0n) is 13.1. The molecule has 1 aliphatic carbocycles.